The van der Waals surface area contributed by atoms with E-state index >= 15 is 0 Å². The number of hydrogen-bond donors (Lipinski definition) is 2. The number of aryl methyl sites for hydroxylation is 1. The van der Waals surface area contributed by atoms with Gasteiger partial charge in [0, 0.05) is 23.6 Å². The van der Waals surface area contributed by atoms with Crippen molar-refractivity contribution in [1.82, 2.24) is 25.1 Å². The summed E-state index contributed by atoms with van der Waals surface area (Å²) in [6.07, 6.45) is 3.18. The van der Waals surface area contributed by atoms with Gasteiger partial charge in [0.15, 0.2) is 15.5 Å². The lowest BCUT2D eigenvalue weighted by molar-refractivity contribution is 0.0955. The van der Waals surface area contributed by atoms with Crippen molar-refractivity contribution >= 4 is 49.0 Å². The average Bonchev–Trinajstić information content (AvgIpc) is 3.65. The van der Waals surface area contributed by atoms with Gasteiger partial charge in [-0.15, -0.1) is 11.3 Å². The Morgan fingerprint density at radius 3 is 2.89 bits per heavy atom. The van der Waals surface area contributed by atoms with Crippen molar-refractivity contribution in [2.24, 2.45) is 0 Å². The molecule has 0 aliphatic carbocycles. The molecule has 1 unspecified atom stereocenters. The highest BCUT2D eigenvalue weighted by atomic mass is 32.2. The Balaban J connectivity index is 1.35. The van der Waals surface area contributed by atoms with E-state index in [-0.39, 0.29) is 23.5 Å². The van der Waals surface area contributed by atoms with Crippen LogP contribution in [0.4, 0.5) is 0 Å². The van der Waals surface area contributed by atoms with Crippen LogP contribution >= 0.6 is 11.3 Å². The molecule has 4 aromatic heterocycles. The number of nitrogens with zero attached hydrogens (tertiary/aromatic N) is 3. The second-order valence-corrected chi connectivity index (χ2v) is 12.4. The molecule has 0 saturated carbocycles. The van der Waals surface area contributed by atoms with Crippen LogP contribution in [0, 0.1) is 6.92 Å². The molecule has 8 nitrogen and oxygen atoms in total. The molecule has 184 valence electrons. The van der Waals surface area contributed by atoms with Crippen molar-refractivity contribution in [3.63, 3.8) is 0 Å². The second-order valence-electron chi connectivity index (χ2n) is 9.18. The quantitative estimate of drug-likeness (QED) is 0.348. The van der Waals surface area contributed by atoms with Crippen LogP contribution in [0.5, 0.6) is 0 Å². The van der Waals surface area contributed by atoms with E-state index in [0.29, 0.717) is 47.4 Å². The summed E-state index contributed by atoms with van der Waals surface area (Å²) in [7, 11) is -3.10. The van der Waals surface area contributed by atoms with E-state index in [9.17, 15) is 13.2 Å². The maximum atomic E-state index is 13.5. The van der Waals surface area contributed by atoms with Crippen molar-refractivity contribution in [3.8, 4) is 10.6 Å². The third-order valence-corrected chi connectivity index (χ3v) is 9.41. The largest absolute Gasteiger partial charge is 0.361 e. The van der Waals surface area contributed by atoms with Gasteiger partial charge in [0.2, 0.25) is 0 Å². The lowest BCUT2D eigenvalue weighted by Crippen LogP contribution is -2.26. The number of nitrogens with one attached hydrogen (secondary N) is 2. The SMILES string of the molecule is Cc1nn(C2CCS(=O)(=O)C2)c2nc(-c3cccs3)cc(C(=O)NCCc3c[nH]c4ccccc34)c12. The van der Waals surface area contributed by atoms with Crippen LogP contribution in [0.2, 0.25) is 0 Å². The summed E-state index contributed by atoms with van der Waals surface area (Å²) >= 11 is 1.54. The fourth-order valence-electron chi connectivity index (χ4n) is 5.01. The van der Waals surface area contributed by atoms with Crippen LogP contribution in [0.1, 0.15) is 34.1 Å². The molecule has 1 aliphatic rings. The van der Waals surface area contributed by atoms with Crippen LogP contribution in [-0.4, -0.2) is 52.1 Å². The fourth-order valence-corrected chi connectivity index (χ4v) is 7.39. The number of thiophene rings is 1. The smallest absolute Gasteiger partial charge is 0.252 e. The highest BCUT2D eigenvalue weighted by Gasteiger charge is 2.32. The minimum absolute atomic E-state index is 0.0419. The Hall–Kier alpha value is -3.50. The van der Waals surface area contributed by atoms with E-state index in [1.54, 1.807) is 16.0 Å². The molecule has 5 aromatic rings. The molecule has 5 heterocycles. The van der Waals surface area contributed by atoms with Gasteiger partial charge in [0.05, 0.1) is 44.8 Å². The van der Waals surface area contributed by atoms with E-state index in [1.807, 2.05) is 54.9 Å². The Morgan fingerprint density at radius 1 is 1.25 bits per heavy atom. The number of aromatic amines is 1. The number of fused-ring (bicyclic) bond motifs is 2. The molecule has 1 aromatic carbocycles. The minimum atomic E-state index is -3.10. The summed E-state index contributed by atoms with van der Waals surface area (Å²) in [5.41, 5.74) is 4.64. The predicted molar refractivity (Wildman–Crippen MR) is 142 cm³/mol. The number of carbonyl (C=O) groups is 1. The third-order valence-electron chi connectivity index (χ3n) is 6.76. The first-order chi connectivity index (χ1) is 17.4. The van der Waals surface area contributed by atoms with E-state index in [4.69, 9.17) is 4.98 Å². The van der Waals surface area contributed by atoms with Gasteiger partial charge < -0.3 is 10.3 Å². The Kier molecular flexibility index (Phi) is 5.65. The zero-order valence-electron chi connectivity index (χ0n) is 19.7. The zero-order valence-corrected chi connectivity index (χ0v) is 21.3. The van der Waals surface area contributed by atoms with Gasteiger partial charge in [0.1, 0.15) is 0 Å². The molecular formula is C26H25N5O3S2. The molecule has 2 N–H and O–H groups in total. The summed E-state index contributed by atoms with van der Waals surface area (Å²) in [6.45, 7) is 2.32. The predicted octanol–water partition coefficient (Wildman–Crippen LogP) is 4.28. The topological polar surface area (TPSA) is 110 Å². The third kappa shape index (κ3) is 4.10. The van der Waals surface area contributed by atoms with Crippen LogP contribution < -0.4 is 5.32 Å². The number of benzene rings is 1. The van der Waals surface area contributed by atoms with Gasteiger partial charge in [-0.25, -0.2) is 18.1 Å². The van der Waals surface area contributed by atoms with Gasteiger partial charge in [0.25, 0.3) is 5.91 Å². The molecular weight excluding hydrogens is 494 g/mol. The number of amides is 1. The molecule has 1 amide bonds. The minimum Gasteiger partial charge on any atom is -0.361 e. The summed E-state index contributed by atoms with van der Waals surface area (Å²) in [5, 5.41) is 11.5. The number of pyridine rings is 1. The Morgan fingerprint density at radius 2 is 2.11 bits per heavy atom. The molecule has 1 fully saturated rings. The summed E-state index contributed by atoms with van der Waals surface area (Å²) < 4.78 is 26.0. The second kappa shape index (κ2) is 8.86. The van der Waals surface area contributed by atoms with Crippen molar-refractivity contribution in [1.29, 1.82) is 0 Å². The highest BCUT2D eigenvalue weighted by Crippen LogP contribution is 2.33. The van der Waals surface area contributed by atoms with Gasteiger partial charge in [-0.2, -0.15) is 5.10 Å². The fraction of sp³-hybridized carbons (Fsp3) is 0.269. The number of para-hydroxylation sites is 1. The molecule has 1 aliphatic heterocycles. The molecule has 0 bridgehead atoms. The summed E-state index contributed by atoms with van der Waals surface area (Å²) in [4.78, 5) is 22.6. The summed E-state index contributed by atoms with van der Waals surface area (Å²) in [5.74, 6) is -0.00817. The number of aromatic nitrogens is 4. The number of hydrogen-bond acceptors (Lipinski definition) is 6. The van der Waals surface area contributed by atoms with E-state index in [2.05, 4.69) is 21.5 Å². The van der Waals surface area contributed by atoms with E-state index in [1.165, 1.54) is 0 Å². The zero-order chi connectivity index (χ0) is 24.9. The van der Waals surface area contributed by atoms with Gasteiger partial charge in [-0.05, 0) is 48.9 Å². The normalized spacial score (nSPS) is 17.2. The van der Waals surface area contributed by atoms with Gasteiger partial charge in [-0.1, -0.05) is 24.3 Å². The Bertz CT molecular complexity index is 1700. The molecule has 6 rings (SSSR count). The van der Waals surface area contributed by atoms with Crippen molar-refractivity contribution in [2.75, 3.05) is 18.1 Å². The lowest BCUT2D eigenvalue weighted by atomic mass is 10.1. The first kappa shape index (κ1) is 22.9. The molecule has 1 atom stereocenters. The maximum Gasteiger partial charge on any atom is 0.252 e. The van der Waals surface area contributed by atoms with Crippen molar-refractivity contribution in [3.05, 3.63) is 70.9 Å². The molecule has 36 heavy (non-hydrogen) atoms. The molecule has 10 heteroatoms. The highest BCUT2D eigenvalue weighted by molar-refractivity contribution is 7.91. The number of sulfone groups is 1. The summed E-state index contributed by atoms with van der Waals surface area (Å²) in [6, 6.07) is 13.6. The monoisotopic (exact) mass is 519 g/mol. The number of carbonyl (C=O) groups excluding carboxylic acids is 1. The van der Waals surface area contributed by atoms with Crippen LogP contribution in [0.15, 0.2) is 54.0 Å². The van der Waals surface area contributed by atoms with Crippen LogP contribution in [0.3, 0.4) is 0 Å². The van der Waals surface area contributed by atoms with Crippen LogP contribution in [-0.2, 0) is 16.3 Å². The first-order valence-corrected chi connectivity index (χ1v) is 14.6. The maximum absolute atomic E-state index is 13.5. The molecule has 1 saturated heterocycles. The van der Waals surface area contributed by atoms with Crippen molar-refractivity contribution in [2.45, 2.75) is 25.8 Å². The molecule has 0 spiro atoms. The van der Waals surface area contributed by atoms with Gasteiger partial charge in [-0.3, -0.25) is 4.79 Å². The lowest BCUT2D eigenvalue weighted by Gasteiger charge is -2.12. The number of rotatable bonds is 6. The van der Waals surface area contributed by atoms with E-state index in [0.717, 1.165) is 21.3 Å². The molecule has 0 radical (unpaired) electrons. The van der Waals surface area contributed by atoms with E-state index < -0.39 is 9.84 Å². The standard InChI is InChI=1S/C26H25N5O3S2/c1-16-24-20(26(32)27-10-8-17-14-28-21-6-3-2-5-19(17)21)13-22(23-7-4-11-35-23)29-25(24)31(30-16)18-9-12-36(33,34)15-18/h2-7,11,13-14,18,28H,8-10,12,15H2,1H3,(H,27,32). The first-order valence-electron chi connectivity index (χ1n) is 11.9. The van der Waals surface area contributed by atoms with Gasteiger partial charge >= 0.3 is 0 Å². The van der Waals surface area contributed by atoms with Crippen LogP contribution in [0.25, 0.3) is 32.5 Å². The average molecular weight is 520 g/mol. The van der Waals surface area contributed by atoms with Crippen molar-refractivity contribution < 1.29 is 13.2 Å². The number of H-pyrrole nitrogens is 1. The Labute approximate surface area is 212 Å².